The molecule has 4 rings (SSSR count). The van der Waals surface area contributed by atoms with Crippen LogP contribution in [0.15, 0.2) is 97.8 Å². The van der Waals surface area contributed by atoms with Crippen molar-refractivity contribution < 1.29 is 64.6 Å². The van der Waals surface area contributed by atoms with E-state index in [1.54, 1.807) is 0 Å². The highest BCUT2D eigenvalue weighted by Crippen LogP contribution is 2.15. The third-order valence-electron chi connectivity index (χ3n) is 6.53. The number of hydrogen-bond donors (Lipinski definition) is 1. The Morgan fingerprint density at radius 3 is 1.49 bits per heavy atom. The van der Waals surface area contributed by atoms with Crippen LogP contribution in [0.5, 0.6) is 0 Å². The van der Waals surface area contributed by atoms with E-state index in [1.165, 1.54) is 53.5 Å². The second kappa shape index (κ2) is 19.0. The van der Waals surface area contributed by atoms with Crippen LogP contribution in [0.25, 0.3) is 23.3 Å². The lowest BCUT2D eigenvalue weighted by Gasteiger charge is -2.02. The van der Waals surface area contributed by atoms with Crippen LogP contribution in [0.1, 0.15) is 42.4 Å². The van der Waals surface area contributed by atoms with Gasteiger partial charge in [-0.25, -0.2) is 13.7 Å². The number of benzene rings is 1. The molecule has 0 fully saturated rings. The number of aromatic nitrogens is 3. The smallest absolute Gasteiger partial charge is 0.169 e. The molecule has 1 aromatic carbocycles. The Hall–Kier alpha value is -2.19. The topological polar surface area (TPSA) is 23.7 Å². The number of hydrogen-bond acceptors (Lipinski definition) is 1. The molecule has 0 aliphatic heterocycles. The van der Waals surface area contributed by atoms with Gasteiger partial charge < -0.3 is 56.3 Å². The van der Waals surface area contributed by atoms with Crippen LogP contribution in [0, 0.1) is 0 Å². The second-order valence-electron chi connectivity index (χ2n) is 9.47. The van der Waals surface area contributed by atoms with Crippen LogP contribution < -0.4 is 70.0 Å². The van der Waals surface area contributed by atoms with Gasteiger partial charge in [-0.3, -0.25) is 0 Å². The molecule has 0 saturated heterocycles. The largest absolute Gasteiger partial charge is 1.00 e. The molecule has 0 bridgehead atoms. The summed E-state index contributed by atoms with van der Waals surface area (Å²) in [4.78, 5) is 0. The normalized spacial score (nSPS) is 10.4. The van der Waals surface area contributed by atoms with Gasteiger partial charge in [0.15, 0.2) is 37.2 Å². The van der Waals surface area contributed by atoms with Gasteiger partial charge in [-0.05, 0) is 47.7 Å². The van der Waals surface area contributed by atoms with E-state index in [1.807, 2.05) is 14.1 Å². The summed E-state index contributed by atoms with van der Waals surface area (Å²) in [6.07, 6.45) is 22.3. The SMILES string of the molecule is CNCc1ccc(/C=C/c2cc[n+](CCCCCC[n+]3ccc(-c4cc[n+](C)cc4)cc3)cc2)cc1.[Br-].[Br-].[Br-]. The summed E-state index contributed by atoms with van der Waals surface area (Å²) >= 11 is 0. The molecule has 0 atom stereocenters. The first-order valence-electron chi connectivity index (χ1n) is 13.1. The van der Waals surface area contributed by atoms with Crippen molar-refractivity contribution in [2.75, 3.05) is 7.05 Å². The summed E-state index contributed by atoms with van der Waals surface area (Å²) in [5, 5.41) is 3.18. The molecule has 0 radical (unpaired) electrons. The van der Waals surface area contributed by atoms with Crippen LogP contribution in [-0.2, 0) is 26.7 Å². The van der Waals surface area contributed by atoms with E-state index in [-0.39, 0.29) is 50.9 Å². The zero-order valence-electron chi connectivity index (χ0n) is 22.8. The summed E-state index contributed by atoms with van der Waals surface area (Å²) in [5.74, 6) is 0. The molecular formula is C32H39Br3N4. The van der Waals surface area contributed by atoms with Gasteiger partial charge in [-0.1, -0.05) is 36.4 Å². The van der Waals surface area contributed by atoms with Crippen LogP contribution >= 0.6 is 0 Å². The minimum atomic E-state index is 0. The molecule has 0 saturated carbocycles. The Balaban J connectivity index is 0.00000253. The predicted molar refractivity (Wildman–Crippen MR) is 146 cm³/mol. The van der Waals surface area contributed by atoms with E-state index >= 15 is 0 Å². The number of halogens is 3. The molecule has 0 amide bonds. The van der Waals surface area contributed by atoms with Crippen molar-refractivity contribution in [1.29, 1.82) is 0 Å². The van der Waals surface area contributed by atoms with Gasteiger partial charge in [0.25, 0.3) is 0 Å². The van der Waals surface area contributed by atoms with Crippen LogP contribution in [0.3, 0.4) is 0 Å². The number of unbranched alkanes of at least 4 members (excludes halogenated alkanes) is 3. The molecule has 4 aromatic rings. The van der Waals surface area contributed by atoms with E-state index < -0.39 is 0 Å². The molecule has 208 valence electrons. The van der Waals surface area contributed by atoms with E-state index in [0.717, 1.165) is 19.6 Å². The van der Waals surface area contributed by atoms with E-state index in [0.29, 0.717) is 0 Å². The van der Waals surface area contributed by atoms with Gasteiger partial charge in [-0.2, -0.15) is 0 Å². The van der Waals surface area contributed by atoms with Crippen LogP contribution in [-0.4, -0.2) is 7.05 Å². The zero-order valence-corrected chi connectivity index (χ0v) is 27.6. The van der Waals surface area contributed by atoms with Crippen molar-refractivity contribution in [2.24, 2.45) is 7.05 Å². The van der Waals surface area contributed by atoms with E-state index in [2.05, 4.69) is 129 Å². The fraction of sp³-hybridized carbons (Fsp3) is 0.281. The summed E-state index contributed by atoms with van der Waals surface area (Å²) in [7, 11) is 4.02. The average Bonchev–Trinajstić information content (AvgIpc) is 2.92. The molecule has 1 N–H and O–H groups in total. The minimum absolute atomic E-state index is 0. The minimum Gasteiger partial charge on any atom is -1.00 e. The quantitative estimate of drug-likeness (QED) is 0.117. The van der Waals surface area contributed by atoms with Gasteiger partial charge in [0.1, 0.15) is 20.1 Å². The number of aryl methyl sites for hydroxylation is 3. The summed E-state index contributed by atoms with van der Waals surface area (Å²) in [5.41, 5.74) is 6.29. The first-order valence-corrected chi connectivity index (χ1v) is 13.1. The Kier molecular flexibility index (Phi) is 17.0. The van der Waals surface area contributed by atoms with Gasteiger partial charge in [0.2, 0.25) is 0 Å². The third kappa shape index (κ3) is 11.8. The van der Waals surface area contributed by atoms with Gasteiger partial charge >= 0.3 is 0 Å². The fourth-order valence-electron chi connectivity index (χ4n) is 4.31. The second-order valence-corrected chi connectivity index (χ2v) is 9.47. The molecular weight excluding hydrogens is 680 g/mol. The zero-order chi connectivity index (χ0) is 25.0. The molecule has 3 aromatic heterocycles. The average molecular weight is 719 g/mol. The first-order chi connectivity index (χ1) is 17.7. The van der Waals surface area contributed by atoms with E-state index in [4.69, 9.17) is 0 Å². The van der Waals surface area contributed by atoms with Gasteiger partial charge in [-0.15, -0.1) is 0 Å². The molecule has 0 aliphatic rings. The number of nitrogens with one attached hydrogen (secondary N) is 1. The molecule has 0 unspecified atom stereocenters. The number of rotatable bonds is 12. The Bertz CT molecular complexity index is 1220. The summed E-state index contributed by atoms with van der Waals surface area (Å²) < 4.78 is 6.65. The van der Waals surface area contributed by atoms with Gasteiger partial charge in [0.05, 0.1) is 0 Å². The maximum absolute atomic E-state index is 3.18. The molecule has 4 nitrogen and oxygen atoms in total. The molecule has 7 heteroatoms. The lowest BCUT2D eigenvalue weighted by Crippen LogP contribution is -3.00. The summed E-state index contributed by atoms with van der Waals surface area (Å²) in [6, 6.07) is 21.8. The molecule has 3 heterocycles. The number of nitrogens with zero attached hydrogens (tertiary/aromatic N) is 3. The van der Waals surface area contributed by atoms with Crippen LogP contribution in [0.2, 0.25) is 0 Å². The predicted octanol–water partition coefficient (Wildman–Crippen LogP) is -4.08. The maximum Gasteiger partial charge on any atom is 0.169 e. The molecule has 0 aliphatic carbocycles. The monoisotopic (exact) mass is 716 g/mol. The van der Waals surface area contributed by atoms with Crippen molar-refractivity contribution in [3.05, 3.63) is 115 Å². The highest BCUT2D eigenvalue weighted by Gasteiger charge is 2.05. The fourth-order valence-corrected chi connectivity index (χ4v) is 4.31. The van der Waals surface area contributed by atoms with E-state index in [9.17, 15) is 0 Å². The first kappa shape index (κ1) is 34.8. The number of pyridine rings is 3. The van der Waals surface area contributed by atoms with Crippen molar-refractivity contribution in [1.82, 2.24) is 5.32 Å². The Labute approximate surface area is 265 Å². The van der Waals surface area contributed by atoms with Crippen molar-refractivity contribution in [3.63, 3.8) is 0 Å². The molecule has 0 spiro atoms. The highest BCUT2D eigenvalue weighted by molar-refractivity contribution is 5.69. The van der Waals surface area contributed by atoms with Crippen molar-refractivity contribution >= 4 is 12.2 Å². The standard InChI is InChI=1S/C32H39N4.3BrH/c1-33-27-30-11-9-28(10-12-30)7-8-29-13-23-35(24-14-29)19-5-3-4-6-20-36-25-17-32(18-26-36)31-15-21-34(2)22-16-31;;;/h7-18,21-26,33H,3-6,19-20,27H2,1-2H3;3*1H/q+3;;;/p-3/b8-7+;;;. The Morgan fingerprint density at radius 1 is 0.564 bits per heavy atom. The molecule has 39 heavy (non-hydrogen) atoms. The van der Waals surface area contributed by atoms with Crippen LogP contribution in [0.4, 0.5) is 0 Å². The van der Waals surface area contributed by atoms with Gasteiger partial charge in [0, 0.05) is 55.8 Å². The third-order valence-corrected chi connectivity index (χ3v) is 6.53. The van der Waals surface area contributed by atoms with Crippen molar-refractivity contribution in [3.8, 4) is 11.1 Å². The summed E-state index contributed by atoms with van der Waals surface area (Å²) in [6.45, 7) is 3.06. The lowest BCUT2D eigenvalue weighted by atomic mass is 10.1. The Morgan fingerprint density at radius 2 is 1.00 bits per heavy atom. The van der Waals surface area contributed by atoms with Crippen molar-refractivity contribution in [2.45, 2.75) is 45.3 Å². The maximum atomic E-state index is 3.18. The highest BCUT2D eigenvalue weighted by atomic mass is 79.9. The lowest BCUT2D eigenvalue weighted by molar-refractivity contribution is -0.698.